The van der Waals surface area contributed by atoms with Crippen molar-refractivity contribution in [3.63, 3.8) is 0 Å². The standard InChI is InChI=1S/C28H38F2N8O2/c1-36(2)18-24(39)31-20-12-10-19(11-13-20)6-5-9-23-33-27(37-14-16-40-17-15-37)35-28(34-23)38-22-8-4-3-7-21(22)32-26(38)25(29)30/h3-4,7-8,19-20,25H,5-6,9-18H2,1-2H3,(H,31,39). The third-order valence-corrected chi connectivity index (χ3v) is 7.62. The zero-order chi connectivity index (χ0) is 28.1. The SMILES string of the molecule is CN(C)CC(=O)NC1CCC(CCCc2nc(N3CCOCC3)nc(-n3c(C(F)F)nc4ccccc43)n2)CC1. The monoisotopic (exact) mass is 556 g/mol. The van der Waals surface area contributed by atoms with Crippen LogP contribution in [0, 0.1) is 5.92 Å². The molecule has 1 aliphatic heterocycles. The van der Waals surface area contributed by atoms with Gasteiger partial charge in [0.15, 0.2) is 5.82 Å². The molecule has 1 aromatic carbocycles. The van der Waals surface area contributed by atoms with E-state index < -0.39 is 6.43 Å². The number of alkyl halides is 2. The average molecular weight is 557 g/mol. The molecule has 10 nitrogen and oxygen atoms in total. The number of nitrogens with zero attached hydrogens (tertiary/aromatic N) is 7. The predicted molar refractivity (Wildman–Crippen MR) is 148 cm³/mol. The van der Waals surface area contributed by atoms with Crippen LogP contribution in [-0.2, 0) is 16.0 Å². The number of likely N-dealkylation sites (N-methyl/N-ethyl adjacent to an activating group) is 1. The first-order chi connectivity index (χ1) is 19.4. The molecule has 1 saturated carbocycles. The molecule has 40 heavy (non-hydrogen) atoms. The van der Waals surface area contributed by atoms with Crippen LogP contribution in [0.2, 0.25) is 0 Å². The summed E-state index contributed by atoms with van der Waals surface area (Å²) in [7, 11) is 3.79. The maximum atomic E-state index is 14.1. The van der Waals surface area contributed by atoms with E-state index in [1.165, 1.54) is 4.57 Å². The minimum Gasteiger partial charge on any atom is -0.378 e. The molecule has 0 unspecified atom stereocenters. The van der Waals surface area contributed by atoms with Crippen LogP contribution in [0.3, 0.4) is 0 Å². The Kier molecular flexibility index (Phi) is 9.15. The summed E-state index contributed by atoms with van der Waals surface area (Å²) in [4.78, 5) is 34.2. The Morgan fingerprint density at radius 3 is 2.50 bits per heavy atom. The molecule has 3 aromatic rings. The summed E-state index contributed by atoms with van der Waals surface area (Å²) >= 11 is 0. The summed E-state index contributed by atoms with van der Waals surface area (Å²) in [6.07, 6.45) is 3.91. The minimum atomic E-state index is -2.78. The molecule has 1 saturated heterocycles. The summed E-state index contributed by atoms with van der Waals surface area (Å²) < 4.78 is 35.0. The maximum Gasteiger partial charge on any atom is 0.296 e. The fourth-order valence-corrected chi connectivity index (χ4v) is 5.62. The number of aryl methyl sites for hydroxylation is 1. The Hall–Kier alpha value is -3.25. The molecular weight excluding hydrogens is 518 g/mol. The molecule has 5 rings (SSSR count). The van der Waals surface area contributed by atoms with Crippen LogP contribution in [0.15, 0.2) is 24.3 Å². The van der Waals surface area contributed by atoms with Gasteiger partial charge in [-0.25, -0.2) is 13.8 Å². The van der Waals surface area contributed by atoms with Crippen LogP contribution in [0.4, 0.5) is 14.7 Å². The maximum absolute atomic E-state index is 14.1. The summed E-state index contributed by atoms with van der Waals surface area (Å²) in [5.41, 5.74) is 1.01. The number of hydrogen-bond donors (Lipinski definition) is 1. The van der Waals surface area contributed by atoms with E-state index in [2.05, 4.69) is 20.3 Å². The number of carbonyl (C=O) groups is 1. The fourth-order valence-electron chi connectivity index (χ4n) is 5.62. The van der Waals surface area contributed by atoms with Crippen molar-refractivity contribution < 1.29 is 18.3 Å². The Bertz CT molecular complexity index is 1290. The second-order valence-corrected chi connectivity index (χ2v) is 11.0. The van der Waals surface area contributed by atoms with Gasteiger partial charge in [-0.1, -0.05) is 18.6 Å². The van der Waals surface area contributed by atoms with Gasteiger partial charge < -0.3 is 19.9 Å². The number of morpholine rings is 1. The van der Waals surface area contributed by atoms with Gasteiger partial charge in [-0.2, -0.15) is 15.0 Å². The molecule has 1 N–H and O–H groups in total. The van der Waals surface area contributed by atoms with Crippen molar-refractivity contribution in [2.24, 2.45) is 5.92 Å². The molecule has 1 amide bonds. The zero-order valence-corrected chi connectivity index (χ0v) is 23.2. The molecule has 2 fully saturated rings. The summed E-state index contributed by atoms with van der Waals surface area (Å²) in [5, 5.41) is 3.15. The van der Waals surface area contributed by atoms with Crippen LogP contribution in [-0.4, -0.2) is 88.3 Å². The van der Waals surface area contributed by atoms with E-state index >= 15 is 0 Å². The van der Waals surface area contributed by atoms with Crippen LogP contribution >= 0.6 is 0 Å². The third-order valence-electron chi connectivity index (χ3n) is 7.62. The average Bonchev–Trinajstić information content (AvgIpc) is 3.34. The van der Waals surface area contributed by atoms with Crippen molar-refractivity contribution in [3.8, 4) is 5.95 Å². The Morgan fingerprint density at radius 1 is 1.05 bits per heavy atom. The predicted octanol–water partition coefficient (Wildman–Crippen LogP) is 3.54. The molecule has 216 valence electrons. The van der Waals surface area contributed by atoms with E-state index in [-0.39, 0.29) is 23.7 Å². The van der Waals surface area contributed by atoms with Gasteiger partial charge in [0.05, 0.1) is 30.8 Å². The van der Waals surface area contributed by atoms with Gasteiger partial charge in [-0.05, 0) is 64.3 Å². The lowest BCUT2D eigenvalue weighted by atomic mass is 9.83. The molecule has 2 aromatic heterocycles. The number of hydrogen-bond acceptors (Lipinski definition) is 8. The van der Waals surface area contributed by atoms with Gasteiger partial charge >= 0.3 is 0 Å². The first-order valence-electron chi connectivity index (χ1n) is 14.1. The Labute approximate surface area is 233 Å². The van der Waals surface area contributed by atoms with Crippen LogP contribution in [0.25, 0.3) is 17.0 Å². The van der Waals surface area contributed by atoms with E-state index in [4.69, 9.17) is 9.72 Å². The van der Waals surface area contributed by atoms with Gasteiger partial charge in [-0.3, -0.25) is 9.36 Å². The molecule has 0 atom stereocenters. The van der Waals surface area contributed by atoms with Crippen LogP contribution in [0.5, 0.6) is 0 Å². The number of nitrogens with one attached hydrogen (secondary N) is 1. The highest BCUT2D eigenvalue weighted by molar-refractivity contribution is 5.78. The van der Waals surface area contributed by atoms with E-state index in [1.807, 2.05) is 23.9 Å². The van der Waals surface area contributed by atoms with E-state index in [1.54, 1.807) is 24.3 Å². The molecule has 0 radical (unpaired) electrons. The van der Waals surface area contributed by atoms with E-state index in [0.29, 0.717) is 68.0 Å². The molecule has 12 heteroatoms. The number of aromatic nitrogens is 5. The third kappa shape index (κ3) is 6.90. The highest BCUT2D eigenvalue weighted by Crippen LogP contribution is 2.30. The number of ether oxygens (including phenoxy) is 1. The number of para-hydroxylation sites is 2. The first-order valence-corrected chi connectivity index (χ1v) is 14.1. The number of fused-ring (bicyclic) bond motifs is 1. The minimum absolute atomic E-state index is 0.0795. The first kappa shape index (κ1) is 28.3. The van der Waals surface area contributed by atoms with Crippen molar-refractivity contribution >= 4 is 22.9 Å². The van der Waals surface area contributed by atoms with Gasteiger partial charge in [-0.15, -0.1) is 0 Å². The second-order valence-electron chi connectivity index (χ2n) is 11.0. The van der Waals surface area contributed by atoms with E-state index in [9.17, 15) is 13.6 Å². The van der Waals surface area contributed by atoms with Gasteiger partial charge in [0.2, 0.25) is 17.8 Å². The Balaban J connectivity index is 1.29. The highest BCUT2D eigenvalue weighted by atomic mass is 19.3. The highest BCUT2D eigenvalue weighted by Gasteiger charge is 2.25. The smallest absolute Gasteiger partial charge is 0.296 e. The van der Waals surface area contributed by atoms with Crippen molar-refractivity contribution in [2.75, 3.05) is 51.8 Å². The molecule has 0 bridgehead atoms. The molecule has 2 aliphatic rings. The normalized spacial score (nSPS) is 20.0. The van der Waals surface area contributed by atoms with Gasteiger partial charge in [0, 0.05) is 25.6 Å². The number of benzene rings is 1. The molecule has 0 spiro atoms. The number of halogens is 2. The van der Waals surface area contributed by atoms with E-state index in [0.717, 1.165) is 38.5 Å². The lowest BCUT2D eigenvalue weighted by Crippen LogP contribution is -2.41. The quantitative estimate of drug-likeness (QED) is 0.405. The number of rotatable bonds is 10. The number of imidazole rings is 1. The Morgan fingerprint density at radius 2 is 1.77 bits per heavy atom. The second kappa shape index (κ2) is 12.9. The number of anilines is 1. The zero-order valence-electron chi connectivity index (χ0n) is 23.2. The summed E-state index contributed by atoms with van der Waals surface area (Å²) in [6, 6.07) is 7.29. The summed E-state index contributed by atoms with van der Waals surface area (Å²) in [5.74, 6) is 1.54. The molecule has 1 aliphatic carbocycles. The van der Waals surface area contributed by atoms with Crippen LogP contribution < -0.4 is 10.2 Å². The lowest BCUT2D eigenvalue weighted by molar-refractivity contribution is -0.122. The number of carbonyl (C=O) groups excluding carboxylic acids is 1. The largest absolute Gasteiger partial charge is 0.378 e. The lowest BCUT2D eigenvalue weighted by Gasteiger charge is -2.29. The van der Waals surface area contributed by atoms with Crippen LogP contribution in [0.1, 0.15) is 56.6 Å². The molecular formula is C28H38F2N8O2. The van der Waals surface area contributed by atoms with Crippen molar-refractivity contribution in [2.45, 2.75) is 57.4 Å². The number of amides is 1. The van der Waals surface area contributed by atoms with Gasteiger partial charge in [0.25, 0.3) is 6.43 Å². The van der Waals surface area contributed by atoms with Crippen molar-refractivity contribution in [1.82, 2.24) is 34.7 Å². The topological polar surface area (TPSA) is 101 Å². The van der Waals surface area contributed by atoms with Gasteiger partial charge in [0.1, 0.15) is 5.82 Å². The summed E-state index contributed by atoms with van der Waals surface area (Å²) in [6.45, 7) is 2.79. The molecule has 3 heterocycles. The fraction of sp³-hybridized carbons (Fsp3) is 0.607. The van der Waals surface area contributed by atoms with Crippen molar-refractivity contribution in [3.05, 3.63) is 35.9 Å². The van der Waals surface area contributed by atoms with Crippen molar-refractivity contribution in [1.29, 1.82) is 0 Å².